The van der Waals surface area contributed by atoms with E-state index in [0.717, 1.165) is 56.6 Å². The first kappa shape index (κ1) is 17.8. The van der Waals surface area contributed by atoms with Crippen LogP contribution in [0.15, 0.2) is 36.5 Å². The lowest BCUT2D eigenvalue weighted by molar-refractivity contribution is 0.194. The lowest BCUT2D eigenvalue weighted by Crippen LogP contribution is -2.34. The number of likely N-dealkylation sites (tertiary alicyclic amines) is 1. The Labute approximate surface area is 147 Å². The number of halogens is 1. The van der Waals surface area contributed by atoms with Gasteiger partial charge in [0.15, 0.2) is 0 Å². The van der Waals surface area contributed by atoms with Crippen molar-refractivity contribution < 1.29 is 9.50 Å². The van der Waals surface area contributed by atoms with Gasteiger partial charge in [0.1, 0.15) is 5.82 Å². The van der Waals surface area contributed by atoms with E-state index in [0.29, 0.717) is 6.04 Å². The molecule has 5 nitrogen and oxygen atoms in total. The molecule has 0 spiro atoms. The van der Waals surface area contributed by atoms with Gasteiger partial charge in [0.05, 0.1) is 11.7 Å². The Hall–Kier alpha value is -2.05. The molecule has 0 saturated carbocycles. The maximum atomic E-state index is 12.9. The van der Waals surface area contributed by atoms with Crippen molar-refractivity contribution in [3.05, 3.63) is 53.6 Å². The molecule has 134 valence electrons. The SMILES string of the molecule is OCCCc1cn(C2CCN(C/C=C/c3ccc(F)cc3)CC2)nn1. The second-order valence-electron chi connectivity index (χ2n) is 6.50. The molecule has 1 aromatic carbocycles. The predicted molar refractivity (Wildman–Crippen MR) is 95.6 cm³/mol. The van der Waals surface area contributed by atoms with Crippen LogP contribution in [0.4, 0.5) is 4.39 Å². The minimum atomic E-state index is -0.202. The third kappa shape index (κ3) is 5.21. The van der Waals surface area contributed by atoms with Crippen LogP contribution < -0.4 is 0 Å². The van der Waals surface area contributed by atoms with E-state index in [2.05, 4.69) is 21.3 Å². The maximum absolute atomic E-state index is 12.9. The van der Waals surface area contributed by atoms with Crippen LogP contribution in [0.5, 0.6) is 0 Å². The summed E-state index contributed by atoms with van der Waals surface area (Å²) in [6.45, 7) is 3.16. The van der Waals surface area contributed by atoms with Crippen LogP contribution in [0.1, 0.15) is 36.6 Å². The molecule has 1 aromatic heterocycles. The minimum absolute atomic E-state index is 0.191. The molecule has 0 bridgehead atoms. The van der Waals surface area contributed by atoms with Crippen molar-refractivity contribution in [3.63, 3.8) is 0 Å². The minimum Gasteiger partial charge on any atom is -0.396 e. The van der Waals surface area contributed by atoms with E-state index in [1.165, 1.54) is 12.1 Å². The Morgan fingerprint density at radius 2 is 1.96 bits per heavy atom. The van der Waals surface area contributed by atoms with Crippen LogP contribution in [0.25, 0.3) is 6.08 Å². The molecule has 0 radical (unpaired) electrons. The molecule has 1 aliphatic rings. The van der Waals surface area contributed by atoms with Gasteiger partial charge in [-0.15, -0.1) is 5.10 Å². The molecule has 0 unspecified atom stereocenters. The molecule has 6 heteroatoms. The molecule has 3 rings (SSSR count). The first-order valence-corrected chi connectivity index (χ1v) is 8.90. The number of aryl methyl sites for hydroxylation is 1. The van der Waals surface area contributed by atoms with Gasteiger partial charge in [-0.05, 0) is 43.4 Å². The third-order valence-corrected chi connectivity index (χ3v) is 4.62. The zero-order chi connectivity index (χ0) is 17.5. The molecule has 0 aliphatic carbocycles. The van der Waals surface area contributed by atoms with E-state index in [9.17, 15) is 4.39 Å². The van der Waals surface area contributed by atoms with E-state index in [-0.39, 0.29) is 12.4 Å². The highest BCUT2D eigenvalue weighted by molar-refractivity contribution is 5.48. The molecular formula is C19H25FN4O. The highest BCUT2D eigenvalue weighted by Gasteiger charge is 2.20. The number of hydrogen-bond donors (Lipinski definition) is 1. The van der Waals surface area contributed by atoms with E-state index in [4.69, 9.17) is 5.11 Å². The smallest absolute Gasteiger partial charge is 0.123 e. The van der Waals surface area contributed by atoms with E-state index >= 15 is 0 Å². The normalized spacial score (nSPS) is 16.7. The molecule has 1 N–H and O–H groups in total. The van der Waals surface area contributed by atoms with Gasteiger partial charge in [0.2, 0.25) is 0 Å². The summed E-state index contributed by atoms with van der Waals surface area (Å²) in [6, 6.07) is 6.96. The fourth-order valence-corrected chi connectivity index (χ4v) is 3.14. The standard InChI is InChI=1S/C19H25FN4O/c20-17-7-5-16(6-8-17)3-1-11-23-12-9-19(10-13-23)24-15-18(21-22-24)4-2-14-25/h1,3,5-8,15,19,25H,2,4,9-14H2/b3-1+. The number of rotatable bonds is 7. The molecule has 2 heterocycles. The van der Waals surface area contributed by atoms with Crippen molar-refractivity contribution in [2.24, 2.45) is 0 Å². The van der Waals surface area contributed by atoms with E-state index in [1.54, 1.807) is 12.1 Å². The van der Waals surface area contributed by atoms with Crippen LogP contribution in [0.2, 0.25) is 0 Å². The number of nitrogens with zero attached hydrogens (tertiary/aromatic N) is 4. The summed E-state index contributed by atoms with van der Waals surface area (Å²) in [5.41, 5.74) is 1.98. The summed E-state index contributed by atoms with van der Waals surface area (Å²) >= 11 is 0. The van der Waals surface area contributed by atoms with E-state index < -0.39 is 0 Å². The van der Waals surface area contributed by atoms with Crippen LogP contribution in [0, 0.1) is 5.82 Å². The molecule has 1 aliphatic heterocycles. The molecule has 0 atom stereocenters. The third-order valence-electron chi connectivity index (χ3n) is 4.62. The molecule has 0 amide bonds. The summed E-state index contributed by atoms with van der Waals surface area (Å²) in [6.07, 6.45) is 9.83. The zero-order valence-corrected chi connectivity index (χ0v) is 14.4. The van der Waals surface area contributed by atoms with Crippen molar-refractivity contribution in [2.45, 2.75) is 31.7 Å². The first-order valence-electron chi connectivity index (χ1n) is 8.90. The Balaban J connectivity index is 1.43. The largest absolute Gasteiger partial charge is 0.396 e. The van der Waals surface area contributed by atoms with Crippen molar-refractivity contribution in [1.29, 1.82) is 0 Å². The number of hydrogen-bond acceptors (Lipinski definition) is 4. The van der Waals surface area contributed by atoms with Gasteiger partial charge in [-0.2, -0.15) is 0 Å². The van der Waals surface area contributed by atoms with Crippen molar-refractivity contribution in [2.75, 3.05) is 26.2 Å². The van der Waals surface area contributed by atoms with Crippen molar-refractivity contribution in [1.82, 2.24) is 19.9 Å². The van der Waals surface area contributed by atoms with Gasteiger partial charge in [-0.25, -0.2) is 9.07 Å². The first-order chi connectivity index (χ1) is 12.2. The number of aromatic nitrogens is 3. The van der Waals surface area contributed by atoms with E-state index in [1.807, 2.05) is 17.0 Å². The van der Waals surface area contributed by atoms with Gasteiger partial charge in [0.25, 0.3) is 0 Å². The average Bonchev–Trinajstić information content (AvgIpc) is 3.11. The predicted octanol–water partition coefficient (Wildman–Crippen LogP) is 2.69. The number of benzene rings is 1. The average molecular weight is 344 g/mol. The van der Waals surface area contributed by atoms with Crippen LogP contribution in [-0.4, -0.2) is 51.2 Å². The molecule has 1 saturated heterocycles. The van der Waals surface area contributed by atoms with Crippen LogP contribution in [0.3, 0.4) is 0 Å². The number of aliphatic hydroxyl groups excluding tert-OH is 1. The lowest BCUT2D eigenvalue weighted by atomic mass is 10.1. The zero-order valence-electron chi connectivity index (χ0n) is 14.4. The van der Waals surface area contributed by atoms with Gasteiger partial charge in [0, 0.05) is 32.4 Å². The number of aliphatic hydroxyl groups is 1. The fourth-order valence-electron chi connectivity index (χ4n) is 3.14. The second kappa shape index (κ2) is 8.87. The van der Waals surface area contributed by atoms with Crippen molar-refractivity contribution in [3.8, 4) is 0 Å². The highest BCUT2D eigenvalue weighted by atomic mass is 19.1. The molecule has 1 fully saturated rings. The van der Waals surface area contributed by atoms with Crippen molar-refractivity contribution >= 4 is 6.08 Å². The van der Waals surface area contributed by atoms with Crippen LogP contribution in [-0.2, 0) is 6.42 Å². The highest BCUT2D eigenvalue weighted by Crippen LogP contribution is 2.21. The Bertz CT molecular complexity index is 675. The monoisotopic (exact) mass is 344 g/mol. The summed E-state index contributed by atoms with van der Waals surface area (Å²) in [7, 11) is 0. The topological polar surface area (TPSA) is 54.2 Å². The maximum Gasteiger partial charge on any atom is 0.123 e. The second-order valence-corrected chi connectivity index (χ2v) is 6.50. The summed E-state index contributed by atoms with van der Waals surface area (Å²) in [5.74, 6) is -0.202. The fraction of sp³-hybridized carbons (Fsp3) is 0.474. The Kier molecular flexibility index (Phi) is 6.30. The summed E-state index contributed by atoms with van der Waals surface area (Å²) in [4.78, 5) is 2.42. The van der Waals surface area contributed by atoms with Crippen LogP contribution >= 0.6 is 0 Å². The Morgan fingerprint density at radius 1 is 1.20 bits per heavy atom. The summed E-state index contributed by atoms with van der Waals surface area (Å²) < 4.78 is 14.9. The Morgan fingerprint density at radius 3 is 2.68 bits per heavy atom. The molecule has 2 aromatic rings. The van der Waals surface area contributed by atoms with Gasteiger partial charge < -0.3 is 5.11 Å². The quantitative estimate of drug-likeness (QED) is 0.839. The van der Waals surface area contributed by atoms with Gasteiger partial charge >= 0.3 is 0 Å². The lowest BCUT2D eigenvalue weighted by Gasteiger charge is -2.30. The molecular weight excluding hydrogens is 319 g/mol. The molecule has 25 heavy (non-hydrogen) atoms. The number of piperidine rings is 1. The van der Waals surface area contributed by atoms with Gasteiger partial charge in [-0.1, -0.05) is 29.5 Å². The van der Waals surface area contributed by atoms with Gasteiger partial charge in [-0.3, -0.25) is 4.90 Å². The summed E-state index contributed by atoms with van der Waals surface area (Å²) in [5, 5.41) is 17.3.